The molecule has 0 unspecified atom stereocenters. The van der Waals surface area contributed by atoms with Gasteiger partial charge in [0.15, 0.2) is 0 Å². The number of nitrogens with one attached hydrogen (secondary N) is 2. The van der Waals surface area contributed by atoms with Crippen LogP contribution in [0.1, 0.15) is 18.0 Å². The SMILES string of the molecule is CN(C)S(=O)(=O)N1CC[C@@H](c2[nH]ncc2-c2ccnc(Nc3ccc(Cl)cc3)c2)C1. The predicted molar refractivity (Wildman–Crippen MR) is 118 cm³/mol. The summed E-state index contributed by atoms with van der Waals surface area (Å²) >= 11 is 5.95. The zero-order valence-electron chi connectivity index (χ0n) is 16.7. The van der Waals surface area contributed by atoms with Gasteiger partial charge in [-0.1, -0.05) is 11.6 Å². The molecule has 158 valence electrons. The minimum atomic E-state index is -3.42. The van der Waals surface area contributed by atoms with Crippen molar-refractivity contribution < 1.29 is 8.42 Å². The van der Waals surface area contributed by atoms with Crippen molar-refractivity contribution in [2.24, 2.45) is 0 Å². The summed E-state index contributed by atoms with van der Waals surface area (Å²) in [6.07, 6.45) is 4.25. The second-order valence-electron chi connectivity index (χ2n) is 7.39. The molecule has 1 aliphatic rings. The lowest BCUT2D eigenvalue weighted by Gasteiger charge is -2.20. The second kappa shape index (κ2) is 8.35. The van der Waals surface area contributed by atoms with Crippen LogP contribution >= 0.6 is 11.6 Å². The highest BCUT2D eigenvalue weighted by Gasteiger charge is 2.35. The third-order valence-corrected chi connectivity index (χ3v) is 7.36. The first-order valence-electron chi connectivity index (χ1n) is 9.54. The van der Waals surface area contributed by atoms with Gasteiger partial charge in [-0.15, -0.1) is 0 Å². The first-order valence-corrected chi connectivity index (χ1v) is 11.3. The number of hydrogen-bond donors (Lipinski definition) is 2. The van der Waals surface area contributed by atoms with Crippen LogP contribution in [0.15, 0.2) is 48.8 Å². The van der Waals surface area contributed by atoms with Crippen molar-refractivity contribution >= 4 is 33.3 Å². The van der Waals surface area contributed by atoms with Gasteiger partial charge in [0.2, 0.25) is 0 Å². The monoisotopic (exact) mass is 446 g/mol. The molecule has 1 aromatic carbocycles. The van der Waals surface area contributed by atoms with E-state index in [0.717, 1.165) is 28.9 Å². The lowest BCUT2D eigenvalue weighted by molar-refractivity contribution is 0.418. The normalized spacial score (nSPS) is 17.5. The summed E-state index contributed by atoms with van der Waals surface area (Å²) in [5.74, 6) is 0.753. The number of anilines is 2. The molecule has 2 aromatic heterocycles. The molecule has 1 saturated heterocycles. The van der Waals surface area contributed by atoms with Crippen LogP contribution in [-0.4, -0.2) is 59.4 Å². The Morgan fingerprint density at radius 1 is 1.23 bits per heavy atom. The van der Waals surface area contributed by atoms with E-state index in [-0.39, 0.29) is 5.92 Å². The Morgan fingerprint density at radius 3 is 2.73 bits per heavy atom. The number of hydrogen-bond acceptors (Lipinski definition) is 5. The first kappa shape index (κ1) is 20.8. The van der Waals surface area contributed by atoms with Gasteiger partial charge in [-0.3, -0.25) is 5.10 Å². The topological polar surface area (TPSA) is 94.2 Å². The quantitative estimate of drug-likeness (QED) is 0.604. The van der Waals surface area contributed by atoms with Crippen LogP contribution in [0.3, 0.4) is 0 Å². The number of aromatic nitrogens is 3. The van der Waals surface area contributed by atoms with Crippen LogP contribution in [-0.2, 0) is 10.2 Å². The van der Waals surface area contributed by atoms with E-state index >= 15 is 0 Å². The van der Waals surface area contributed by atoms with Crippen LogP contribution < -0.4 is 5.32 Å². The number of pyridine rings is 1. The van der Waals surface area contributed by atoms with E-state index in [1.165, 1.54) is 8.61 Å². The number of nitrogens with zero attached hydrogens (tertiary/aromatic N) is 4. The average molecular weight is 447 g/mol. The molecule has 2 N–H and O–H groups in total. The van der Waals surface area contributed by atoms with Gasteiger partial charge in [-0.25, -0.2) is 4.98 Å². The van der Waals surface area contributed by atoms with Crippen molar-refractivity contribution in [3.05, 3.63) is 59.5 Å². The van der Waals surface area contributed by atoms with E-state index in [1.807, 2.05) is 36.4 Å². The smallest absolute Gasteiger partial charge is 0.281 e. The summed E-state index contributed by atoms with van der Waals surface area (Å²) < 4.78 is 27.7. The molecule has 0 radical (unpaired) electrons. The largest absolute Gasteiger partial charge is 0.340 e. The first-order chi connectivity index (χ1) is 14.3. The van der Waals surface area contributed by atoms with E-state index in [4.69, 9.17) is 11.6 Å². The summed E-state index contributed by atoms with van der Waals surface area (Å²) in [6.45, 7) is 0.917. The van der Waals surface area contributed by atoms with Crippen molar-refractivity contribution in [2.75, 3.05) is 32.5 Å². The minimum absolute atomic E-state index is 0.0538. The Hall–Kier alpha value is -2.46. The zero-order valence-corrected chi connectivity index (χ0v) is 18.3. The minimum Gasteiger partial charge on any atom is -0.340 e. The number of H-pyrrole nitrogens is 1. The summed E-state index contributed by atoms with van der Waals surface area (Å²) in [7, 11) is -0.315. The Balaban J connectivity index is 1.56. The summed E-state index contributed by atoms with van der Waals surface area (Å²) in [4.78, 5) is 4.39. The van der Waals surface area contributed by atoms with E-state index in [2.05, 4.69) is 20.5 Å². The molecule has 8 nitrogen and oxygen atoms in total. The molecule has 0 aliphatic carbocycles. The van der Waals surface area contributed by atoms with E-state index in [1.54, 1.807) is 26.5 Å². The van der Waals surface area contributed by atoms with Crippen molar-refractivity contribution in [2.45, 2.75) is 12.3 Å². The predicted octanol–water partition coefficient (Wildman–Crippen LogP) is 3.46. The molecule has 0 bridgehead atoms. The highest BCUT2D eigenvalue weighted by molar-refractivity contribution is 7.86. The molecule has 0 saturated carbocycles. The van der Waals surface area contributed by atoms with E-state index < -0.39 is 10.2 Å². The fourth-order valence-corrected chi connectivity index (χ4v) is 4.88. The fourth-order valence-electron chi connectivity index (χ4n) is 3.59. The fraction of sp³-hybridized carbons (Fsp3) is 0.300. The Morgan fingerprint density at radius 2 is 2.00 bits per heavy atom. The van der Waals surface area contributed by atoms with Crippen molar-refractivity contribution in [3.63, 3.8) is 0 Å². The molecule has 10 heteroatoms. The third-order valence-electron chi connectivity index (χ3n) is 5.20. The van der Waals surface area contributed by atoms with Gasteiger partial charge in [0.05, 0.1) is 6.20 Å². The Kier molecular flexibility index (Phi) is 5.79. The van der Waals surface area contributed by atoms with Gasteiger partial charge < -0.3 is 5.32 Å². The maximum absolute atomic E-state index is 12.4. The van der Waals surface area contributed by atoms with Gasteiger partial charge in [0.25, 0.3) is 10.2 Å². The molecule has 3 aromatic rings. The lowest BCUT2D eigenvalue weighted by Crippen LogP contribution is -2.38. The van der Waals surface area contributed by atoms with Gasteiger partial charge in [0.1, 0.15) is 5.82 Å². The van der Waals surface area contributed by atoms with E-state index in [0.29, 0.717) is 23.9 Å². The number of benzene rings is 1. The number of aromatic amines is 1. The Labute approximate surface area is 181 Å². The van der Waals surface area contributed by atoms with Gasteiger partial charge in [-0.05, 0) is 48.4 Å². The summed E-state index contributed by atoms with van der Waals surface area (Å²) in [6, 6.07) is 11.3. The van der Waals surface area contributed by atoms with Gasteiger partial charge in [0, 0.05) is 61.3 Å². The van der Waals surface area contributed by atoms with E-state index in [9.17, 15) is 8.42 Å². The number of halogens is 1. The molecule has 1 aliphatic heterocycles. The highest BCUT2D eigenvalue weighted by Crippen LogP contribution is 2.35. The van der Waals surface area contributed by atoms with Crippen molar-refractivity contribution in [1.82, 2.24) is 23.8 Å². The molecule has 0 amide bonds. The van der Waals surface area contributed by atoms with Crippen LogP contribution in [0.4, 0.5) is 11.5 Å². The molecule has 4 rings (SSSR count). The lowest BCUT2D eigenvalue weighted by atomic mass is 9.97. The molecule has 1 atom stereocenters. The van der Waals surface area contributed by atoms with Crippen LogP contribution in [0, 0.1) is 0 Å². The average Bonchev–Trinajstić information content (AvgIpc) is 3.39. The Bertz CT molecular complexity index is 1130. The zero-order chi connectivity index (χ0) is 21.3. The van der Waals surface area contributed by atoms with Crippen LogP contribution in [0.5, 0.6) is 0 Å². The van der Waals surface area contributed by atoms with Crippen LogP contribution in [0.2, 0.25) is 5.02 Å². The molecular weight excluding hydrogens is 424 g/mol. The highest BCUT2D eigenvalue weighted by atomic mass is 35.5. The second-order valence-corrected chi connectivity index (χ2v) is 9.97. The third kappa shape index (κ3) is 4.20. The molecule has 30 heavy (non-hydrogen) atoms. The van der Waals surface area contributed by atoms with Gasteiger partial charge >= 0.3 is 0 Å². The van der Waals surface area contributed by atoms with Crippen molar-refractivity contribution in [1.29, 1.82) is 0 Å². The maximum atomic E-state index is 12.4. The van der Waals surface area contributed by atoms with Crippen molar-refractivity contribution in [3.8, 4) is 11.1 Å². The van der Waals surface area contributed by atoms with Crippen LogP contribution in [0.25, 0.3) is 11.1 Å². The number of rotatable bonds is 6. The van der Waals surface area contributed by atoms with Gasteiger partial charge in [-0.2, -0.15) is 22.1 Å². The summed E-state index contributed by atoms with van der Waals surface area (Å²) in [5.41, 5.74) is 3.73. The summed E-state index contributed by atoms with van der Waals surface area (Å²) in [5, 5.41) is 11.3. The molecule has 1 fully saturated rings. The standard InChI is InChI=1S/C20H23ClN6O2S/c1-26(2)30(28,29)27-10-8-15(13-27)20-18(12-23-25-20)14-7-9-22-19(11-14)24-17-5-3-16(21)4-6-17/h3-7,9,11-12,15H,8,10,13H2,1-2H3,(H,22,24)(H,23,25)/t15-/m1/s1. The maximum Gasteiger partial charge on any atom is 0.281 e. The molecular formula is C20H23ClN6O2S. The molecule has 0 spiro atoms. The molecule has 3 heterocycles.